The highest BCUT2D eigenvalue weighted by molar-refractivity contribution is 6.33. The lowest BCUT2D eigenvalue weighted by Gasteiger charge is -2.18. The largest absolute Gasteiger partial charge is 0.341 e. The zero-order valence-corrected chi connectivity index (χ0v) is 10.1. The van der Waals surface area contributed by atoms with Gasteiger partial charge >= 0.3 is 12.1 Å². The number of urea groups is 2. The van der Waals surface area contributed by atoms with Crippen molar-refractivity contribution in [2.75, 3.05) is 25.0 Å². The van der Waals surface area contributed by atoms with Crippen LogP contribution >= 0.6 is 11.6 Å². The van der Waals surface area contributed by atoms with Gasteiger partial charge in [0.25, 0.3) is 0 Å². The maximum atomic E-state index is 12.0. The summed E-state index contributed by atoms with van der Waals surface area (Å²) < 4.78 is 0. The molecule has 1 aromatic carbocycles. The van der Waals surface area contributed by atoms with Crippen molar-refractivity contribution in [2.45, 2.75) is 0 Å². The first kappa shape index (κ1) is 11.7. The summed E-state index contributed by atoms with van der Waals surface area (Å²) in [6.45, 7) is 0.819. The van der Waals surface area contributed by atoms with E-state index in [1.54, 1.807) is 24.3 Å². The van der Waals surface area contributed by atoms with Crippen LogP contribution in [-0.4, -0.2) is 37.1 Å². The second-order valence-corrected chi connectivity index (χ2v) is 4.00. The maximum absolute atomic E-state index is 12.0. The Kier molecular flexibility index (Phi) is 3.19. The van der Waals surface area contributed by atoms with Crippen LogP contribution in [0.25, 0.3) is 0 Å². The number of carbonyl (C=O) groups excluding carboxylic acids is 2. The van der Waals surface area contributed by atoms with Gasteiger partial charge in [0.15, 0.2) is 0 Å². The number of carbonyl (C=O) groups is 2. The molecule has 0 spiro atoms. The first-order valence-corrected chi connectivity index (χ1v) is 5.58. The minimum absolute atomic E-state index is 0.350. The van der Waals surface area contributed by atoms with E-state index in [1.807, 2.05) is 0 Å². The molecule has 6 heteroatoms. The van der Waals surface area contributed by atoms with Gasteiger partial charge < -0.3 is 5.32 Å². The van der Waals surface area contributed by atoms with Gasteiger partial charge in [-0.25, -0.2) is 14.5 Å². The number of imide groups is 1. The van der Waals surface area contributed by atoms with E-state index in [-0.39, 0.29) is 6.03 Å². The molecule has 1 N–H and O–H groups in total. The highest BCUT2D eigenvalue weighted by Gasteiger charge is 2.34. The first-order valence-electron chi connectivity index (χ1n) is 5.20. The van der Waals surface area contributed by atoms with Crippen molar-refractivity contribution in [1.82, 2.24) is 10.2 Å². The molecule has 4 amide bonds. The summed E-state index contributed by atoms with van der Waals surface area (Å²) in [4.78, 5) is 26.1. The average Bonchev–Trinajstić information content (AvgIpc) is 2.71. The second-order valence-electron chi connectivity index (χ2n) is 3.59. The molecule has 0 saturated carbocycles. The third-order valence-corrected chi connectivity index (χ3v) is 2.93. The van der Waals surface area contributed by atoms with E-state index in [1.165, 1.54) is 11.9 Å². The van der Waals surface area contributed by atoms with E-state index in [9.17, 15) is 9.59 Å². The maximum Gasteiger partial charge on any atom is 0.332 e. The molecule has 1 heterocycles. The van der Waals surface area contributed by atoms with Gasteiger partial charge in [-0.15, -0.1) is 0 Å². The van der Waals surface area contributed by atoms with E-state index in [4.69, 9.17) is 11.6 Å². The number of nitrogens with one attached hydrogen (secondary N) is 1. The van der Waals surface area contributed by atoms with Crippen LogP contribution in [0.1, 0.15) is 0 Å². The third kappa shape index (κ3) is 2.06. The molecule has 90 valence electrons. The summed E-state index contributed by atoms with van der Waals surface area (Å²) in [5.41, 5.74) is 0.630. The van der Waals surface area contributed by atoms with Gasteiger partial charge in [-0.2, -0.15) is 0 Å². The predicted octanol–water partition coefficient (Wildman–Crippen LogP) is 1.92. The average molecular weight is 254 g/mol. The molecule has 0 aliphatic carbocycles. The Morgan fingerprint density at radius 3 is 2.71 bits per heavy atom. The SMILES string of the molecule is CNC(=O)N1CCN(c2ccccc2Cl)C1=O. The summed E-state index contributed by atoms with van der Waals surface area (Å²) in [5.74, 6) is 0. The Morgan fingerprint density at radius 2 is 2.06 bits per heavy atom. The fourth-order valence-corrected chi connectivity index (χ4v) is 1.99. The van der Waals surface area contributed by atoms with Crippen LogP contribution in [0, 0.1) is 0 Å². The Hall–Kier alpha value is -1.75. The number of benzene rings is 1. The summed E-state index contributed by atoms with van der Waals surface area (Å²) in [5, 5.41) is 2.93. The summed E-state index contributed by atoms with van der Waals surface area (Å²) in [7, 11) is 1.49. The van der Waals surface area contributed by atoms with Crippen LogP contribution < -0.4 is 10.2 Å². The monoisotopic (exact) mass is 253 g/mol. The third-order valence-electron chi connectivity index (χ3n) is 2.61. The zero-order valence-electron chi connectivity index (χ0n) is 9.31. The number of hydrogen-bond donors (Lipinski definition) is 1. The van der Waals surface area contributed by atoms with Crippen molar-refractivity contribution in [2.24, 2.45) is 0 Å². The molecule has 0 aromatic heterocycles. The molecular formula is C11H12ClN3O2. The van der Waals surface area contributed by atoms with Gasteiger partial charge in [0.05, 0.1) is 17.3 Å². The van der Waals surface area contributed by atoms with Gasteiger partial charge in [0, 0.05) is 13.6 Å². The molecule has 1 aromatic rings. The quantitative estimate of drug-likeness (QED) is 0.831. The molecule has 17 heavy (non-hydrogen) atoms. The molecule has 1 fully saturated rings. The fourth-order valence-electron chi connectivity index (χ4n) is 1.75. The summed E-state index contributed by atoms with van der Waals surface area (Å²) in [6.07, 6.45) is 0. The van der Waals surface area contributed by atoms with Crippen LogP contribution in [0.3, 0.4) is 0 Å². The molecule has 2 rings (SSSR count). The van der Waals surface area contributed by atoms with Gasteiger partial charge in [-0.1, -0.05) is 23.7 Å². The lowest BCUT2D eigenvalue weighted by Crippen LogP contribution is -2.41. The molecule has 5 nitrogen and oxygen atoms in total. The number of nitrogens with zero attached hydrogens (tertiary/aromatic N) is 2. The summed E-state index contributed by atoms with van der Waals surface area (Å²) in [6, 6.07) is 6.32. The van der Waals surface area contributed by atoms with Gasteiger partial charge in [0.1, 0.15) is 0 Å². The molecular weight excluding hydrogens is 242 g/mol. The van der Waals surface area contributed by atoms with E-state index >= 15 is 0 Å². The lowest BCUT2D eigenvalue weighted by atomic mass is 10.3. The fraction of sp³-hybridized carbons (Fsp3) is 0.273. The minimum atomic E-state index is -0.399. The van der Waals surface area contributed by atoms with E-state index in [2.05, 4.69) is 5.32 Å². The molecule has 0 radical (unpaired) electrons. The number of rotatable bonds is 1. The van der Waals surface area contributed by atoms with Crippen molar-refractivity contribution >= 4 is 29.4 Å². The smallest absolute Gasteiger partial charge is 0.332 e. The predicted molar refractivity (Wildman–Crippen MR) is 65.4 cm³/mol. The van der Waals surface area contributed by atoms with E-state index in [0.717, 1.165) is 4.90 Å². The van der Waals surface area contributed by atoms with Crippen LogP contribution in [0.2, 0.25) is 5.02 Å². The zero-order chi connectivity index (χ0) is 12.4. The van der Waals surface area contributed by atoms with E-state index < -0.39 is 6.03 Å². The molecule has 1 saturated heterocycles. The number of halogens is 1. The Morgan fingerprint density at radius 1 is 1.35 bits per heavy atom. The van der Waals surface area contributed by atoms with Crippen molar-refractivity contribution in [3.8, 4) is 0 Å². The number of anilines is 1. The van der Waals surface area contributed by atoms with Crippen LogP contribution in [-0.2, 0) is 0 Å². The molecule has 1 aliphatic rings. The lowest BCUT2D eigenvalue weighted by molar-refractivity contribution is 0.202. The van der Waals surface area contributed by atoms with Crippen molar-refractivity contribution < 1.29 is 9.59 Å². The molecule has 0 atom stereocenters. The van der Waals surface area contributed by atoms with Crippen LogP contribution in [0.5, 0.6) is 0 Å². The summed E-state index contributed by atoms with van der Waals surface area (Å²) >= 11 is 6.02. The van der Waals surface area contributed by atoms with Gasteiger partial charge in [-0.3, -0.25) is 4.90 Å². The van der Waals surface area contributed by atoms with E-state index in [0.29, 0.717) is 23.8 Å². The Labute approximate surface area is 104 Å². The molecule has 0 bridgehead atoms. The van der Waals surface area contributed by atoms with Crippen molar-refractivity contribution in [1.29, 1.82) is 0 Å². The normalized spacial score (nSPS) is 15.3. The van der Waals surface area contributed by atoms with Crippen molar-refractivity contribution in [3.63, 3.8) is 0 Å². The number of para-hydroxylation sites is 1. The highest BCUT2D eigenvalue weighted by Crippen LogP contribution is 2.28. The van der Waals surface area contributed by atoms with Crippen LogP contribution in [0.15, 0.2) is 24.3 Å². The van der Waals surface area contributed by atoms with Crippen LogP contribution in [0.4, 0.5) is 15.3 Å². The number of amides is 4. The Balaban J connectivity index is 2.24. The second kappa shape index (κ2) is 4.63. The highest BCUT2D eigenvalue weighted by atomic mass is 35.5. The Bertz CT molecular complexity index is 464. The minimum Gasteiger partial charge on any atom is -0.341 e. The molecule has 0 unspecified atom stereocenters. The number of hydrogen-bond acceptors (Lipinski definition) is 2. The molecule has 1 aliphatic heterocycles. The topological polar surface area (TPSA) is 52.7 Å². The van der Waals surface area contributed by atoms with Crippen molar-refractivity contribution in [3.05, 3.63) is 29.3 Å². The van der Waals surface area contributed by atoms with Gasteiger partial charge in [0.2, 0.25) is 0 Å². The first-order chi connectivity index (χ1) is 8.15. The van der Waals surface area contributed by atoms with Gasteiger partial charge in [-0.05, 0) is 12.1 Å². The standard InChI is InChI=1S/C11H12ClN3O2/c1-13-10(16)15-7-6-14(11(15)17)9-5-3-2-4-8(9)12/h2-5H,6-7H2,1H3,(H,13,16).